The molecule has 0 saturated carbocycles. The smallest absolute Gasteiger partial charge is 0.185 e. The summed E-state index contributed by atoms with van der Waals surface area (Å²) in [5.74, 6) is 0. The molecule has 2 rings (SSSR count). The Balaban J connectivity index is 2.04. The van der Waals surface area contributed by atoms with Gasteiger partial charge >= 0.3 is 0 Å². The van der Waals surface area contributed by atoms with Crippen molar-refractivity contribution in [2.75, 3.05) is 39.1 Å². The lowest BCUT2D eigenvalue weighted by Crippen LogP contribution is -2.45. The maximum atomic E-state index is 4.76. The minimum Gasteiger partial charge on any atom is -0.347 e. The molecule has 102 valence electrons. The molecule has 1 N–H and O–H groups in total. The third-order valence-corrected chi connectivity index (χ3v) is 4.70. The summed E-state index contributed by atoms with van der Waals surface area (Å²) in [5, 5.41) is 6.60. The van der Waals surface area contributed by atoms with Gasteiger partial charge in [-0.1, -0.05) is 0 Å². The van der Waals surface area contributed by atoms with E-state index >= 15 is 0 Å². The van der Waals surface area contributed by atoms with Gasteiger partial charge < -0.3 is 15.1 Å². The van der Waals surface area contributed by atoms with Crippen molar-refractivity contribution in [2.45, 2.75) is 31.8 Å². The highest BCUT2D eigenvalue weighted by Crippen LogP contribution is 2.27. The number of piperidine rings is 1. The molecular formula is C13H24N4S. The summed E-state index contributed by atoms with van der Waals surface area (Å²) in [5.41, 5.74) is 1.16. The van der Waals surface area contributed by atoms with Crippen LogP contribution in [-0.4, -0.2) is 50.2 Å². The van der Waals surface area contributed by atoms with E-state index in [9.17, 15) is 0 Å². The number of thiazole rings is 1. The summed E-state index contributed by atoms with van der Waals surface area (Å²) in [6, 6.07) is 0.997. The summed E-state index contributed by atoms with van der Waals surface area (Å²) in [6.45, 7) is 4.40. The van der Waals surface area contributed by atoms with Crippen LogP contribution in [0.25, 0.3) is 0 Å². The van der Waals surface area contributed by atoms with Gasteiger partial charge in [-0.05, 0) is 40.9 Å². The molecule has 0 spiro atoms. The van der Waals surface area contributed by atoms with Gasteiger partial charge in [-0.25, -0.2) is 4.98 Å². The first-order chi connectivity index (χ1) is 8.61. The average Bonchev–Trinajstić information content (AvgIpc) is 2.87. The maximum absolute atomic E-state index is 4.76. The molecule has 0 aliphatic carbocycles. The number of hydrogen-bond donors (Lipinski definition) is 1. The summed E-state index contributed by atoms with van der Waals surface area (Å²) in [7, 11) is 6.32. The third kappa shape index (κ3) is 3.02. The zero-order chi connectivity index (χ0) is 13.1. The Labute approximate surface area is 114 Å². The Morgan fingerprint density at radius 3 is 3.00 bits per heavy atom. The number of nitrogens with zero attached hydrogens (tertiary/aromatic N) is 3. The van der Waals surface area contributed by atoms with Gasteiger partial charge in [0.15, 0.2) is 5.13 Å². The van der Waals surface area contributed by atoms with Gasteiger partial charge in [-0.2, -0.15) is 0 Å². The molecule has 18 heavy (non-hydrogen) atoms. The topological polar surface area (TPSA) is 31.4 Å². The van der Waals surface area contributed by atoms with E-state index in [1.807, 2.05) is 7.05 Å². The van der Waals surface area contributed by atoms with Crippen LogP contribution in [0.3, 0.4) is 0 Å². The largest absolute Gasteiger partial charge is 0.347 e. The van der Waals surface area contributed by atoms with Crippen LogP contribution in [0.1, 0.15) is 31.5 Å². The Morgan fingerprint density at radius 2 is 2.33 bits per heavy atom. The third-order valence-electron chi connectivity index (χ3n) is 3.78. The summed E-state index contributed by atoms with van der Waals surface area (Å²) < 4.78 is 0. The minimum atomic E-state index is 0.337. The van der Waals surface area contributed by atoms with Crippen molar-refractivity contribution < 1.29 is 0 Å². The zero-order valence-electron chi connectivity index (χ0n) is 11.8. The molecule has 2 heterocycles. The Bertz CT molecular complexity index is 377. The Hall–Kier alpha value is -0.650. The first-order valence-electron chi connectivity index (χ1n) is 6.66. The molecule has 1 aromatic heterocycles. The van der Waals surface area contributed by atoms with Crippen LogP contribution < -0.4 is 10.2 Å². The van der Waals surface area contributed by atoms with E-state index in [0.29, 0.717) is 12.1 Å². The number of rotatable bonds is 4. The molecule has 0 bridgehead atoms. The lowest BCUT2D eigenvalue weighted by atomic mass is 10.1. The lowest BCUT2D eigenvalue weighted by Gasteiger charge is -2.35. The normalized spacial score (nSPS) is 22.5. The van der Waals surface area contributed by atoms with Crippen molar-refractivity contribution in [1.82, 2.24) is 15.2 Å². The van der Waals surface area contributed by atoms with E-state index < -0.39 is 0 Å². The zero-order valence-corrected chi connectivity index (χ0v) is 12.6. The number of likely N-dealkylation sites (N-methyl/N-ethyl adjacent to an activating group) is 1. The standard InChI is InChI=1S/C13H24N4S/c1-10(14-2)12-9-18-13(15-12)17-7-5-6-11(8-17)16(3)4/h9-11,14H,5-8H2,1-4H3. The van der Waals surface area contributed by atoms with Crippen LogP contribution in [0.4, 0.5) is 5.13 Å². The highest BCUT2D eigenvalue weighted by molar-refractivity contribution is 7.13. The van der Waals surface area contributed by atoms with Crippen molar-refractivity contribution in [1.29, 1.82) is 0 Å². The second kappa shape index (κ2) is 5.99. The van der Waals surface area contributed by atoms with Crippen LogP contribution in [0.5, 0.6) is 0 Å². The predicted octanol–water partition coefficient (Wildman–Crippen LogP) is 1.95. The average molecular weight is 268 g/mol. The molecule has 1 aromatic rings. The minimum absolute atomic E-state index is 0.337. The molecule has 2 unspecified atom stereocenters. The van der Waals surface area contributed by atoms with Crippen LogP contribution in [-0.2, 0) is 0 Å². The van der Waals surface area contributed by atoms with Crippen molar-refractivity contribution in [3.63, 3.8) is 0 Å². The molecule has 0 amide bonds. The molecule has 1 fully saturated rings. The number of anilines is 1. The van der Waals surface area contributed by atoms with Gasteiger partial charge in [0, 0.05) is 30.6 Å². The van der Waals surface area contributed by atoms with Crippen molar-refractivity contribution >= 4 is 16.5 Å². The highest BCUT2D eigenvalue weighted by atomic mass is 32.1. The number of nitrogens with one attached hydrogen (secondary N) is 1. The van der Waals surface area contributed by atoms with Gasteiger partial charge in [0.2, 0.25) is 0 Å². The maximum Gasteiger partial charge on any atom is 0.185 e. The van der Waals surface area contributed by atoms with E-state index in [1.165, 1.54) is 18.0 Å². The lowest BCUT2D eigenvalue weighted by molar-refractivity contribution is 0.258. The number of hydrogen-bond acceptors (Lipinski definition) is 5. The first-order valence-corrected chi connectivity index (χ1v) is 7.54. The quantitative estimate of drug-likeness (QED) is 0.904. The molecule has 1 saturated heterocycles. The van der Waals surface area contributed by atoms with Gasteiger partial charge in [-0.15, -0.1) is 11.3 Å². The molecule has 5 heteroatoms. The predicted molar refractivity (Wildman–Crippen MR) is 78.5 cm³/mol. The van der Waals surface area contributed by atoms with E-state index in [2.05, 4.69) is 41.5 Å². The highest BCUT2D eigenvalue weighted by Gasteiger charge is 2.23. The first kappa shape index (κ1) is 13.8. The van der Waals surface area contributed by atoms with Crippen molar-refractivity contribution in [3.05, 3.63) is 11.1 Å². The molecule has 1 aliphatic heterocycles. The molecule has 0 radical (unpaired) electrons. The summed E-state index contributed by atoms with van der Waals surface area (Å²) in [4.78, 5) is 9.53. The molecule has 0 aromatic carbocycles. The van der Waals surface area contributed by atoms with Gasteiger partial charge in [0.05, 0.1) is 5.69 Å². The van der Waals surface area contributed by atoms with E-state index in [4.69, 9.17) is 4.98 Å². The SMILES string of the molecule is CNC(C)c1csc(N2CCCC(N(C)C)C2)n1. The Kier molecular flexibility index (Phi) is 4.59. The van der Waals surface area contributed by atoms with E-state index in [1.54, 1.807) is 11.3 Å². The molecule has 1 aliphatic rings. The second-order valence-corrected chi connectivity index (χ2v) is 6.11. The fraction of sp³-hybridized carbons (Fsp3) is 0.769. The van der Waals surface area contributed by atoms with Gasteiger partial charge in [0.25, 0.3) is 0 Å². The Morgan fingerprint density at radius 1 is 1.56 bits per heavy atom. The van der Waals surface area contributed by atoms with Crippen molar-refractivity contribution in [2.24, 2.45) is 0 Å². The number of aromatic nitrogens is 1. The van der Waals surface area contributed by atoms with Crippen LogP contribution in [0.15, 0.2) is 5.38 Å². The van der Waals surface area contributed by atoms with Crippen molar-refractivity contribution in [3.8, 4) is 0 Å². The molecule has 2 atom stereocenters. The monoisotopic (exact) mass is 268 g/mol. The summed E-state index contributed by atoms with van der Waals surface area (Å²) in [6.07, 6.45) is 2.56. The molecular weight excluding hydrogens is 244 g/mol. The summed E-state index contributed by atoms with van der Waals surface area (Å²) >= 11 is 1.77. The van der Waals surface area contributed by atoms with Crippen LogP contribution >= 0.6 is 11.3 Å². The van der Waals surface area contributed by atoms with Crippen LogP contribution in [0.2, 0.25) is 0 Å². The fourth-order valence-electron chi connectivity index (χ4n) is 2.32. The molecule has 4 nitrogen and oxygen atoms in total. The second-order valence-electron chi connectivity index (χ2n) is 5.27. The fourth-order valence-corrected chi connectivity index (χ4v) is 3.27. The van der Waals surface area contributed by atoms with Crippen LogP contribution in [0, 0.1) is 0 Å². The van der Waals surface area contributed by atoms with Gasteiger partial charge in [0.1, 0.15) is 0 Å². The van der Waals surface area contributed by atoms with E-state index in [-0.39, 0.29) is 0 Å². The van der Waals surface area contributed by atoms with E-state index in [0.717, 1.165) is 18.8 Å². The van der Waals surface area contributed by atoms with Gasteiger partial charge in [-0.3, -0.25) is 0 Å².